The van der Waals surface area contributed by atoms with Gasteiger partial charge in [0.05, 0.1) is 13.0 Å². The number of carbonyl (C=O) groups is 1. The van der Waals surface area contributed by atoms with Gasteiger partial charge in [0, 0.05) is 49.3 Å². The van der Waals surface area contributed by atoms with Crippen molar-refractivity contribution in [1.29, 1.82) is 0 Å². The fourth-order valence-electron chi connectivity index (χ4n) is 5.59. The number of nitrogens with one attached hydrogen (secondary N) is 1. The highest BCUT2D eigenvalue weighted by Gasteiger charge is 2.38. The van der Waals surface area contributed by atoms with Crippen LogP contribution in [-0.4, -0.2) is 53.5 Å². The van der Waals surface area contributed by atoms with Crippen molar-refractivity contribution in [1.82, 2.24) is 14.8 Å². The minimum Gasteiger partial charge on any atom is -0.497 e. The molecule has 33 heavy (non-hydrogen) atoms. The van der Waals surface area contributed by atoms with Crippen LogP contribution in [0.3, 0.4) is 0 Å². The first-order valence-corrected chi connectivity index (χ1v) is 12.1. The lowest BCUT2D eigenvalue weighted by Crippen LogP contribution is -2.49. The zero-order valence-electron chi connectivity index (χ0n) is 19.8. The van der Waals surface area contributed by atoms with Crippen LogP contribution in [0, 0.1) is 5.92 Å². The summed E-state index contributed by atoms with van der Waals surface area (Å²) in [5, 5.41) is 1.32. The Kier molecular flexibility index (Phi) is 5.98. The van der Waals surface area contributed by atoms with Crippen molar-refractivity contribution in [3.05, 3.63) is 71.4 Å². The summed E-state index contributed by atoms with van der Waals surface area (Å²) in [5.41, 5.74) is 6.32. The molecule has 0 saturated carbocycles. The smallest absolute Gasteiger partial charge is 0.230 e. The number of nitrogens with zero attached hydrogens (tertiary/aromatic N) is 2. The van der Waals surface area contributed by atoms with Crippen molar-refractivity contribution < 1.29 is 9.53 Å². The maximum atomic E-state index is 13.6. The molecule has 2 heterocycles. The van der Waals surface area contributed by atoms with Crippen LogP contribution in [0.2, 0.25) is 0 Å². The molecule has 172 valence electrons. The number of hydrogen-bond donors (Lipinski definition) is 1. The van der Waals surface area contributed by atoms with E-state index in [4.69, 9.17) is 4.74 Å². The Bertz CT molecular complexity index is 1190. The van der Waals surface area contributed by atoms with E-state index in [1.165, 1.54) is 33.2 Å². The molecule has 0 saturated heterocycles. The molecule has 2 atom stereocenters. The Balaban J connectivity index is 1.55. The summed E-state index contributed by atoms with van der Waals surface area (Å²) >= 11 is 0. The van der Waals surface area contributed by atoms with Crippen molar-refractivity contribution in [3.8, 4) is 5.75 Å². The molecule has 2 aromatic carbocycles. The fraction of sp³-hybridized carbons (Fsp3) is 0.393. The molecule has 5 heteroatoms. The van der Waals surface area contributed by atoms with Crippen LogP contribution in [0.5, 0.6) is 5.75 Å². The van der Waals surface area contributed by atoms with Gasteiger partial charge in [-0.05, 0) is 60.2 Å². The fourth-order valence-corrected chi connectivity index (χ4v) is 5.59. The summed E-state index contributed by atoms with van der Waals surface area (Å²) in [6, 6.07) is 15.0. The van der Waals surface area contributed by atoms with Crippen LogP contribution in [0.4, 0.5) is 0 Å². The number of benzene rings is 2. The summed E-state index contributed by atoms with van der Waals surface area (Å²) in [5.74, 6) is 0.978. The van der Waals surface area contributed by atoms with Gasteiger partial charge in [0.25, 0.3) is 0 Å². The largest absolute Gasteiger partial charge is 0.497 e. The van der Waals surface area contributed by atoms with Crippen LogP contribution < -0.4 is 4.74 Å². The Morgan fingerprint density at radius 3 is 2.85 bits per heavy atom. The minimum atomic E-state index is -0.135. The second kappa shape index (κ2) is 9.06. The van der Waals surface area contributed by atoms with Gasteiger partial charge in [0.2, 0.25) is 5.91 Å². The van der Waals surface area contributed by atoms with Crippen molar-refractivity contribution in [2.24, 2.45) is 5.92 Å². The Labute approximate surface area is 196 Å². The summed E-state index contributed by atoms with van der Waals surface area (Å²) in [4.78, 5) is 21.5. The number of rotatable bonds is 7. The first-order valence-electron chi connectivity index (χ1n) is 12.1. The first-order chi connectivity index (χ1) is 16.1. The Morgan fingerprint density at radius 1 is 1.21 bits per heavy atom. The van der Waals surface area contributed by atoms with Gasteiger partial charge in [-0.25, -0.2) is 0 Å². The highest BCUT2D eigenvalue weighted by molar-refractivity contribution is 5.99. The predicted octanol–water partition coefficient (Wildman–Crippen LogP) is 4.88. The van der Waals surface area contributed by atoms with Gasteiger partial charge in [-0.15, -0.1) is 0 Å². The molecule has 2 unspecified atom stereocenters. The zero-order chi connectivity index (χ0) is 22.9. The third-order valence-corrected chi connectivity index (χ3v) is 7.15. The SMILES string of the molecule is CCCN(CC)C(=O)C1C=C2c3cccc4[nH]cc(c34)CC2N(Cc2cccc(OC)c2)C1. The molecule has 1 aliphatic heterocycles. The summed E-state index contributed by atoms with van der Waals surface area (Å²) in [6.45, 7) is 7.30. The number of H-pyrrole nitrogens is 1. The van der Waals surface area contributed by atoms with Crippen LogP contribution in [0.1, 0.15) is 37.0 Å². The highest BCUT2D eigenvalue weighted by Crippen LogP contribution is 2.42. The number of amides is 1. The lowest BCUT2D eigenvalue weighted by atomic mass is 9.79. The molecule has 2 aliphatic rings. The first kappa shape index (κ1) is 21.8. The number of aromatic nitrogens is 1. The van der Waals surface area contributed by atoms with E-state index < -0.39 is 0 Å². The van der Waals surface area contributed by atoms with Gasteiger partial charge in [-0.2, -0.15) is 0 Å². The van der Waals surface area contributed by atoms with E-state index in [1.54, 1.807) is 7.11 Å². The van der Waals surface area contributed by atoms with E-state index in [9.17, 15) is 4.79 Å². The summed E-state index contributed by atoms with van der Waals surface area (Å²) in [7, 11) is 1.71. The molecule has 1 aromatic heterocycles. The maximum absolute atomic E-state index is 13.6. The van der Waals surface area contributed by atoms with Crippen LogP contribution in [-0.2, 0) is 17.8 Å². The van der Waals surface area contributed by atoms with Gasteiger partial charge in [0.15, 0.2) is 0 Å². The van der Waals surface area contributed by atoms with Crippen molar-refractivity contribution in [2.45, 2.75) is 39.3 Å². The molecule has 5 rings (SSSR count). The topological polar surface area (TPSA) is 48.6 Å². The minimum absolute atomic E-state index is 0.135. The maximum Gasteiger partial charge on any atom is 0.230 e. The molecule has 5 nitrogen and oxygen atoms in total. The summed E-state index contributed by atoms with van der Waals surface area (Å²) in [6.07, 6.45) is 6.37. The normalized spacial score (nSPS) is 19.8. The number of carbonyl (C=O) groups excluding carboxylic acids is 1. The van der Waals surface area contributed by atoms with Crippen LogP contribution in [0.25, 0.3) is 16.5 Å². The molecule has 1 N–H and O–H groups in total. The molecule has 0 bridgehead atoms. The van der Waals surface area contributed by atoms with Crippen molar-refractivity contribution in [2.75, 3.05) is 26.7 Å². The average Bonchev–Trinajstić information content (AvgIpc) is 3.27. The molecular weight excluding hydrogens is 410 g/mol. The van der Waals surface area contributed by atoms with E-state index in [-0.39, 0.29) is 17.9 Å². The quantitative estimate of drug-likeness (QED) is 0.566. The number of fused-ring (bicyclic) bond motifs is 2. The number of aromatic amines is 1. The third-order valence-electron chi connectivity index (χ3n) is 7.15. The second-order valence-corrected chi connectivity index (χ2v) is 9.19. The molecule has 1 aliphatic carbocycles. The zero-order valence-corrected chi connectivity index (χ0v) is 19.8. The number of hydrogen-bond acceptors (Lipinski definition) is 3. The van der Waals surface area contributed by atoms with E-state index >= 15 is 0 Å². The van der Waals surface area contributed by atoms with Gasteiger partial charge < -0.3 is 14.6 Å². The number of ether oxygens (including phenoxy) is 1. The van der Waals surface area contributed by atoms with Gasteiger partial charge >= 0.3 is 0 Å². The molecule has 1 amide bonds. The van der Waals surface area contributed by atoms with E-state index in [1.807, 2.05) is 17.0 Å². The van der Waals surface area contributed by atoms with Crippen molar-refractivity contribution in [3.63, 3.8) is 0 Å². The van der Waals surface area contributed by atoms with Crippen LogP contribution in [0.15, 0.2) is 54.7 Å². The Morgan fingerprint density at radius 2 is 2.06 bits per heavy atom. The molecule has 3 aromatic rings. The standard InChI is InChI=1S/C28H33N3O2/c1-4-12-30(5-2)28(32)21-14-24-23-10-7-11-25-27(23)20(16-29-25)15-26(24)31(18-21)17-19-8-6-9-22(13-19)33-3/h6-11,13-14,16,21,26,29H,4-5,12,15,17-18H2,1-3H3. The lowest BCUT2D eigenvalue weighted by molar-refractivity contribution is -0.134. The molecular formula is C28H33N3O2. The van der Waals surface area contributed by atoms with E-state index in [0.29, 0.717) is 0 Å². The van der Waals surface area contributed by atoms with Gasteiger partial charge in [-0.1, -0.05) is 37.3 Å². The molecule has 0 spiro atoms. The van der Waals surface area contributed by atoms with E-state index in [0.717, 1.165) is 44.8 Å². The van der Waals surface area contributed by atoms with Crippen molar-refractivity contribution >= 4 is 22.4 Å². The van der Waals surface area contributed by atoms with Crippen LogP contribution >= 0.6 is 0 Å². The average molecular weight is 444 g/mol. The Hall–Kier alpha value is -3.05. The van der Waals surface area contributed by atoms with E-state index in [2.05, 4.69) is 66.3 Å². The molecule has 0 radical (unpaired) electrons. The lowest BCUT2D eigenvalue weighted by Gasteiger charge is -2.42. The monoisotopic (exact) mass is 443 g/mol. The molecule has 0 fully saturated rings. The summed E-state index contributed by atoms with van der Waals surface area (Å²) < 4.78 is 5.46. The number of methoxy groups -OCH3 is 1. The third kappa shape index (κ3) is 3.95. The second-order valence-electron chi connectivity index (χ2n) is 9.19. The van der Waals surface area contributed by atoms with Gasteiger partial charge in [-0.3, -0.25) is 9.69 Å². The van der Waals surface area contributed by atoms with Gasteiger partial charge in [0.1, 0.15) is 5.75 Å². The predicted molar refractivity (Wildman–Crippen MR) is 133 cm³/mol. The highest BCUT2D eigenvalue weighted by atomic mass is 16.5.